The molecule has 2 aliphatic rings. The second-order valence-electron chi connectivity index (χ2n) is 8.55. The molecule has 1 atom stereocenters. The van der Waals surface area contributed by atoms with Crippen LogP contribution in [0.25, 0.3) is 11.3 Å². The molecule has 2 aromatic carbocycles. The number of nitrogens with one attached hydrogen (secondary N) is 1. The number of benzene rings is 2. The van der Waals surface area contributed by atoms with Gasteiger partial charge < -0.3 is 9.64 Å². The van der Waals surface area contributed by atoms with E-state index in [1.54, 1.807) is 0 Å². The fraction of sp³-hybridized carbons (Fsp3) is 0.385. The van der Waals surface area contributed by atoms with Gasteiger partial charge in [0, 0.05) is 17.2 Å². The van der Waals surface area contributed by atoms with E-state index in [4.69, 9.17) is 4.74 Å². The number of carbonyl (C=O) groups excluding carboxylic acids is 1. The number of rotatable bonds is 6. The Hall–Kier alpha value is -3.08. The van der Waals surface area contributed by atoms with E-state index in [0.717, 1.165) is 47.4 Å². The molecular weight excluding hydrogens is 386 g/mol. The Balaban J connectivity index is 1.62. The lowest BCUT2D eigenvalue weighted by molar-refractivity contribution is 0.0606. The Kier molecular flexibility index (Phi) is 5.49. The van der Waals surface area contributed by atoms with Gasteiger partial charge in [-0.3, -0.25) is 9.89 Å². The Bertz CT molecular complexity index is 1050. The molecule has 1 fully saturated rings. The van der Waals surface area contributed by atoms with Crippen LogP contribution in [0.2, 0.25) is 0 Å². The lowest BCUT2D eigenvalue weighted by Crippen LogP contribution is -2.40. The predicted octanol–water partition coefficient (Wildman–Crippen LogP) is 5.74. The van der Waals surface area contributed by atoms with E-state index in [9.17, 15) is 4.79 Å². The molecule has 0 radical (unpaired) electrons. The maximum absolute atomic E-state index is 13.6. The third kappa shape index (κ3) is 3.62. The molecule has 5 heteroatoms. The van der Waals surface area contributed by atoms with Crippen LogP contribution in [0, 0.1) is 0 Å². The van der Waals surface area contributed by atoms with Crippen LogP contribution in [0.5, 0.6) is 5.75 Å². The molecule has 1 unspecified atom stereocenters. The number of ether oxygens (including phenoxy) is 1. The standard InChI is InChI=1S/C26H29N3O2/c1-2-16-31-21-15-9-12-19(17-21)25-22-23(18-10-5-3-6-11-18)27-28-24(22)26(30)29(25)20-13-7-4-8-14-20/h3,5-6,9-12,15,17,20,25H,2,4,7-8,13-14,16H2,1H3,(H,27,28). The average Bonchev–Trinajstić information content (AvgIpc) is 3.38. The smallest absolute Gasteiger partial charge is 0.273 e. The van der Waals surface area contributed by atoms with E-state index < -0.39 is 0 Å². The molecule has 3 aromatic rings. The van der Waals surface area contributed by atoms with Crippen molar-refractivity contribution in [1.29, 1.82) is 0 Å². The highest BCUT2D eigenvalue weighted by Crippen LogP contribution is 2.46. The molecule has 1 aliphatic carbocycles. The number of carbonyl (C=O) groups is 1. The highest BCUT2D eigenvalue weighted by atomic mass is 16.5. The van der Waals surface area contributed by atoms with E-state index in [-0.39, 0.29) is 18.0 Å². The minimum Gasteiger partial charge on any atom is -0.494 e. The lowest BCUT2D eigenvalue weighted by atomic mass is 9.91. The van der Waals surface area contributed by atoms with Gasteiger partial charge in [-0.05, 0) is 37.0 Å². The highest BCUT2D eigenvalue weighted by molar-refractivity contribution is 6.00. The van der Waals surface area contributed by atoms with Gasteiger partial charge in [0.05, 0.1) is 18.3 Å². The van der Waals surface area contributed by atoms with Crippen molar-refractivity contribution >= 4 is 5.91 Å². The molecule has 2 heterocycles. The molecule has 1 aliphatic heterocycles. The van der Waals surface area contributed by atoms with Gasteiger partial charge in [0.2, 0.25) is 0 Å². The first kappa shape index (κ1) is 19.9. The molecule has 0 saturated heterocycles. The summed E-state index contributed by atoms with van der Waals surface area (Å²) in [6, 6.07) is 18.5. The van der Waals surface area contributed by atoms with Gasteiger partial charge in [-0.2, -0.15) is 5.10 Å². The van der Waals surface area contributed by atoms with Crippen molar-refractivity contribution in [3.63, 3.8) is 0 Å². The summed E-state index contributed by atoms with van der Waals surface area (Å²) in [5, 5.41) is 7.66. The van der Waals surface area contributed by atoms with Crippen LogP contribution in [-0.4, -0.2) is 33.7 Å². The van der Waals surface area contributed by atoms with Crippen LogP contribution < -0.4 is 4.74 Å². The highest BCUT2D eigenvalue weighted by Gasteiger charge is 2.45. The van der Waals surface area contributed by atoms with Gasteiger partial charge in [0.25, 0.3) is 5.91 Å². The maximum atomic E-state index is 13.6. The lowest BCUT2D eigenvalue weighted by Gasteiger charge is -2.36. The molecular formula is C26H29N3O2. The minimum atomic E-state index is -0.148. The average molecular weight is 416 g/mol. The number of amides is 1. The van der Waals surface area contributed by atoms with Crippen molar-refractivity contribution in [2.45, 2.75) is 57.5 Å². The number of H-pyrrole nitrogens is 1. The molecule has 0 bridgehead atoms. The quantitative estimate of drug-likeness (QED) is 0.558. The van der Waals surface area contributed by atoms with Gasteiger partial charge in [0.1, 0.15) is 11.4 Å². The zero-order valence-electron chi connectivity index (χ0n) is 18.0. The summed E-state index contributed by atoms with van der Waals surface area (Å²) in [7, 11) is 0. The Morgan fingerprint density at radius 2 is 1.87 bits per heavy atom. The van der Waals surface area contributed by atoms with Gasteiger partial charge >= 0.3 is 0 Å². The first-order valence-electron chi connectivity index (χ1n) is 11.5. The van der Waals surface area contributed by atoms with Gasteiger partial charge in [-0.1, -0.05) is 68.7 Å². The van der Waals surface area contributed by atoms with Crippen molar-refractivity contribution in [1.82, 2.24) is 15.1 Å². The molecule has 1 N–H and O–H groups in total. The second-order valence-corrected chi connectivity index (χ2v) is 8.55. The fourth-order valence-corrected chi connectivity index (χ4v) is 5.04. The molecule has 31 heavy (non-hydrogen) atoms. The van der Waals surface area contributed by atoms with Gasteiger partial charge in [-0.25, -0.2) is 0 Å². The molecule has 5 rings (SSSR count). The zero-order valence-corrected chi connectivity index (χ0v) is 18.0. The largest absolute Gasteiger partial charge is 0.494 e. The van der Waals surface area contributed by atoms with Crippen molar-refractivity contribution in [3.05, 3.63) is 71.4 Å². The van der Waals surface area contributed by atoms with Crippen molar-refractivity contribution in [3.8, 4) is 17.0 Å². The maximum Gasteiger partial charge on any atom is 0.273 e. The fourth-order valence-electron chi connectivity index (χ4n) is 5.04. The summed E-state index contributed by atoms with van der Waals surface area (Å²) < 4.78 is 5.92. The molecule has 160 valence electrons. The Morgan fingerprint density at radius 1 is 1.06 bits per heavy atom. The van der Waals surface area contributed by atoms with Crippen molar-refractivity contribution < 1.29 is 9.53 Å². The molecule has 1 saturated carbocycles. The first-order chi connectivity index (χ1) is 15.3. The number of hydrogen-bond donors (Lipinski definition) is 1. The van der Waals surface area contributed by atoms with Crippen LogP contribution in [0.15, 0.2) is 54.6 Å². The topological polar surface area (TPSA) is 58.2 Å². The summed E-state index contributed by atoms with van der Waals surface area (Å²) in [5.41, 5.74) is 4.61. The van der Waals surface area contributed by atoms with Crippen LogP contribution in [0.1, 0.15) is 73.1 Å². The summed E-state index contributed by atoms with van der Waals surface area (Å²) in [4.78, 5) is 15.7. The van der Waals surface area contributed by atoms with E-state index in [2.05, 4.69) is 46.3 Å². The zero-order chi connectivity index (χ0) is 21.2. The number of aromatic nitrogens is 2. The van der Waals surface area contributed by atoms with Gasteiger partial charge in [-0.15, -0.1) is 0 Å². The van der Waals surface area contributed by atoms with Crippen molar-refractivity contribution in [2.75, 3.05) is 6.61 Å². The van der Waals surface area contributed by atoms with E-state index in [1.807, 2.05) is 30.3 Å². The molecule has 0 spiro atoms. The number of fused-ring (bicyclic) bond motifs is 1. The van der Waals surface area contributed by atoms with Crippen molar-refractivity contribution in [2.24, 2.45) is 0 Å². The van der Waals surface area contributed by atoms with Crippen LogP contribution in [-0.2, 0) is 0 Å². The summed E-state index contributed by atoms with van der Waals surface area (Å²) in [6.45, 7) is 2.79. The Morgan fingerprint density at radius 3 is 2.65 bits per heavy atom. The minimum absolute atomic E-state index is 0.0708. The van der Waals surface area contributed by atoms with Crippen LogP contribution >= 0.6 is 0 Å². The molecule has 1 aromatic heterocycles. The number of hydrogen-bond acceptors (Lipinski definition) is 3. The molecule has 1 amide bonds. The monoisotopic (exact) mass is 415 g/mol. The van der Waals surface area contributed by atoms with E-state index in [1.165, 1.54) is 19.3 Å². The summed E-state index contributed by atoms with van der Waals surface area (Å²) >= 11 is 0. The number of aromatic amines is 1. The Labute approximate surface area is 183 Å². The number of nitrogens with zero attached hydrogens (tertiary/aromatic N) is 2. The van der Waals surface area contributed by atoms with E-state index >= 15 is 0 Å². The first-order valence-corrected chi connectivity index (χ1v) is 11.5. The predicted molar refractivity (Wildman–Crippen MR) is 121 cm³/mol. The molecule has 5 nitrogen and oxygen atoms in total. The van der Waals surface area contributed by atoms with Crippen LogP contribution in [0.3, 0.4) is 0 Å². The third-order valence-electron chi connectivity index (χ3n) is 6.47. The van der Waals surface area contributed by atoms with E-state index in [0.29, 0.717) is 12.3 Å². The third-order valence-corrected chi connectivity index (χ3v) is 6.47. The van der Waals surface area contributed by atoms with Gasteiger partial charge in [0.15, 0.2) is 0 Å². The summed E-state index contributed by atoms with van der Waals surface area (Å²) in [6.07, 6.45) is 6.70. The van der Waals surface area contributed by atoms with Crippen LogP contribution in [0.4, 0.5) is 0 Å². The normalized spacial score (nSPS) is 18.9. The SMILES string of the molecule is CCCOc1cccc(C2c3c(-c4ccccc4)n[nH]c3C(=O)N2C2CCCCC2)c1. The summed E-state index contributed by atoms with van der Waals surface area (Å²) in [5.74, 6) is 0.926. The second kappa shape index (κ2) is 8.58.